The minimum absolute atomic E-state index is 0.173. The van der Waals surface area contributed by atoms with Gasteiger partial charge in [0.15, 0.2) is 6.79 Å². The lowest BCUT2D eigenvalue weighted by Crippen LogP contribution is -2.01. The third kappa shape index (κ3) is 2.62. The Morgan fingerprint density at radius 2 is 2.00 bits per heavy atom. The SMILES string of the molecule is COCOc1ccc2ccccc2c1C#CCO. The molecule has 0 saturated heterocycles. The maximum atomic E-state index is 8.83. The van der Waals surface area contributed by atoms with E-state index < -0.39 is 0 Å². The van der Waals surface area contributed by atoms with E-state index in [-0.39, 0.29) is 13.4 Å². The number of aliphatic hydroxyl groups is 1. The molecule has 0 amide bonds. The highest BCUT2D eigenvalue weighted by atomic mass is 16.7. The van der Waals surface area contributed by atoms with Crippen molar-refractivity contribution in [3.63, 3.8) is 0 Å². The highest BCUT2D eigenvalue weighted by molar-refractivity contribution is 5.90. The molecule has 0 radical (unpaired) electrons. The molecule has 18 heavy (non-hydrogen) atoms. The summed E-state index contributed by atoms with van der Waals surface area (Å²) in [5.74, 6) is 6.26. The summed E-state index contributed by atoms with van der Waals surface area (Å²) in [4.78, 5) is 0. The molecule has 3 heteroatoms. The third-order valence-corrected chi connectivity index (χ3v) is 2.52. The molecule has 2 aromatic rings. The molecule has 0 fully saturated rings. The lowest BCUT2D eigenvalue weighted by atomic mass is 10.0. The van der Waals surface area contributed by atoms with Gasteiger partial charge < -0.3 is 14.6 Å². The first-order chi connectivity index (χ1) is 8.86. The predicted molar refractivity (Wildman–Crippen MR) is 70.4 cm³/mol. The molecule has 0 bridgehead atoms. The summed E-state index contributed by atoms with van der Waals surface area (Å²) < 4.78 is 10.4. The van der Waals surface area contributed by atoms with Crippen molar-refractivity contribution >= 4 is 10.8 Å². The molecule has 1 N–H and O–H groups in total. The summed E-state index contributed by atoms with van der Waals surface area (Å²) in [6, 6.07) is 11.8. The van der Waals surface area contributed by atoms with Crippen LogP contribution >= 0.6 is 0 Å². The molecule has 0 aliphatic rings. The molecule has 0 spiro atoms. The zero-order valence-corrected chi connectivity index (χ0v) is 10.1. The van der Waals surface area contributed by atoms with E-state index in [1.165, 1.54) is 0 Å². The molecule has 2 aromatic carbocycles. The van der Waals surface area contributed by atoms with Crippen LogP contribution in [-0.2, 0) is 4.74 Å². The molecular formula is C15H14O3. The van der Waals surface area contributed by atoms with E-state index in [0.29, 0.717) is 5.75 Å². The van der Waals surface area contributed by atoms with Crippen molar-refractivity contribution < 1.29 is 14.6 Å². The average molecular weight is 242 g/mol. The first-order valence-corrected chi connectivity index (χ1v) is 5.60. The minimum Gasteiger partial charge on any atom is -0.466 e. The number of fused-ring (bicyclic) bond motifs is 1. The Hall–Kier alpha value is -2.02. The van der Waals surface area contributed by atoms with Crippen LogP contribution in [0.4, 0.5) is 0 Å². The van der Waals surface area contributed by atoms with Gasteiger partial charge in [0.1, 0.15) is 12.4 Å². The number of aliphatic hydroxyl groups excluding tert-OH is 1. The summed E-state index contributed by atoms with van der Waals surface area (Å²) in [6.45, 7) is -0.000909. The topological polar surface area (TPSA) is 38.7 Å². The third-order valence-electron chi connectivity index (χ3n) is 2.52. The zero-order chi connectivity index (χ0) is 12.8. The number of methoxy groups -OCH3 is 1. The second-order valence-corrected chi connectivity index (χ2v) is 3.67. The highest BCUT2D eigenvalue weighted by Gasteiger charge is 2.06. The maximum Gasteiger partial charge on any atom is 0.188 e. The number of benzene rings is 2. The van der Waals surface area contributed by atoms with Crippen LogP contribution in [0.25, 0.3) is 10.8 Å². The van der Waals surface area contributed by atoms with E-state index in [0.717, 1.165) is 16.3 Å². The molecule has 0 heterocycles. The number of hydrogen-bond donors (Lipinski definition) is 1. The first-order valence-electron chi connectivity index (χ1n) is 5.60. The molecule has 0 unspecified atom stereocenters. The van der Waals surface area contributed by atoms with Crippen LogP contribution < -0.4 is 4.74 Å². The second kappa shape index (κ2) is 6.06. The average Bonchev–Trinajstić information content (AvgIpc) is 2.43. The minimum atomic E-state index is -0.174. The van der Waals surface area contributed by atoms with Gasteiger partial charge in [-0.2, -0.15) is 0 Å². The molecular weight excluding hydrogens is 228 g/mol. The van der Waals surface area contributed by atoms with Crippen LogP contribution in [0, 0.1) is 11.8 Å². The van der Waals surface area contributed by atoms with Crippen LogP contribution in [0.1, 0.15) is 5.56 Å². The molecule has 0 saturated carbocycles. The van der Waals surface area contributed by atoms with E-state index in [1.807, 2.05) is 36.4 Å². The normalized spacial score (nSPS) is 9.89. The lowest BCUT2D eigenvalue weighted by Gasteiger charge is -2.09. The molecule has 2 rings (SSSR count). The predicted octanol–water partition coefficient (Wildman–Crippen LogP) is 2.17. The van der Waals surface area contributed by atoms with Gasteiger partial charge in [0.25, 0.3) is 0 Å². The van der Waals surface area contributed by atoms with Gasteiger partial charge in [0.05, 0.1) is 5.56 Å². The Balaban J connectivity index is 2.55. The highest BCUT2D eigenvalue weighted by Crippen LogP contribution is 2.27. The summed E-state index contributed by atoms with van der Waals surface area (Å²) in [7, 11) is 1.57. The van der Waals surface area contributed by atoms with Crippen LogP contribution in [0.2, 0.25) is 0 Å². The molecule has 3 nitrogen and oxygen atoms in total. The van der Waals surface area contributed by atoms with Gasteiger partial charge in [0.2, 0.25) is 0 Å². The smallest absolute Gasteiger partial charge is 0.188 e. The Kier molecular flexibility index (Phi) is 4.19. The molecule has 0 atom stereocenters. The zero-order valence-electron chi connectivity index (χ0n) is 10.1. The van der Waals surface area contributed by atoms with Gasteiger partial charge in [-0.1, -0.05) is 42.2 Å². The monoisotopic (exact) mass is 242 g/mol. The number of hydrogen-bond acceptors (Lipinski definition) is 3. The van der Waals surface area contributed by atoms with E-state index >= 15 is 0 Å². The fourth-order valence-electron chi connectivity index (χ4n) is 1.75. The molecule has 0 aliphatic heterocycles. The largest absolute Gasteiger partial charge is 0.466 e. The fraction of sp³-hybridized carbons (Fsp3) is 0.200. The van der Waals surface area contributed by atoms with Gasteiger partial charge in [-0.15, -0.1) is 0 Å². The van der Waals surface area contributed by atoms with Gasteiger partial charge in [-0.3, -0.25) is 0 Å². The van der Waals surface area contributed by atoms with Gasteiger partial charge >= 0.3 is 0 Å². The summed E-state index contributed by atoms with van der Waals surface area (Å²) in [6.07, 6.45) is 0. The van der Waals surface area contributed by atoms with Crippen molar-refractivity contribution in [2.45, 2.75) is 0 Å². The Morgan fingerprint density at radius 1 is 1.17 bits per heavy atom. The fourth-order valence-corrected chi connectivity index (χ4v) is 1.75. The summed E-state index contributed by atoms with van der Waals surface area (Å²) in [5, 5.41) is 10.9. The van der Waals surface area contributed by atoms with Crippen molar-refractivity contribution in [3.8, 4) is 17.6 Å². The van der Waals surface area contributed by atoms with Gasteiger partial charge in [-0.25, -0.2) is 0 Å². The van der Waals surface area contributed by atoms with Crippen molar-refractivity contribution in [1.82, 2.24) is 0 Å². The number of rotatable bonds is 3. The van der Waals surface area contributed by atoms with E-state index in [2.05, 4.69) is 11.8 Å². The van der Waals surface area contributed by atoms with Crippen molar-refractivity contribution in [3.05, 3.63) is 42.0 Å². The van der Waals surface area contributed by atoms with Crippen LogP contribution in [0.15, 0.2) is 36.4 Å². The summed E-state index contributed by atoms with van der Waals surface area (Å²) >= 11 is 0. The van der Waals surface area contributed by atoms with Crippen LogP contribution in [-0.4, -0.2) is 25.6 Å². The number of ether oxygens (including phenoxy) is 2. The van der Waals surface area contributed by atoms with Crippen molar-refractivity contribution in [1.29, 1.82) is 0 Å². The lowest BCUT2D eigenvalue weighted by molar-refractivity contribution is 0.0510. The summed E-state index contributed by atoms with van der Waals surface area (Å²) in [5.41, 5.74) is 0.777. The Labute approximate surface area is 106 Å². The van der Waals surface area contributed by atoms with Crippen LogP contribution in [0.5, 0.6) is 5.75 Å². The standard InChI is InChI=1S/C15H14O3/c1-17-11-18-15-9-8-12-5-2-3-6-13(12)14(15)7-4-10-16/h2-3,5-6,8-9,16H,10-11H2,1H3. The maximum absolute atomic E-state index is 8.83. The van der Waals surface area contributed by atoms with E-state index in [1.54, 1.807) is 7.11 Å². The van der Waals surface area contributed by atoms with Crippen molar-refractivity contribution in [2.24, 2.45) is 0 Å². The molecule has 0 aliphatic carbocycles. The second-order valence-electron chi connectivity index (χ2n) is 3.67. The van der Waals surface area contributed by atoms with Gasteiger partial charge in [0, 0.05) is 12.5 Å². The van der Waals surface area contributed by atoms with Gasteiger partial charge in [-0.05, 0) is 11.5 Å². The molecule has 92 valence electrons. The van der Waals surface area contributed by atoms with E-state index in [9.17, 15) is 0 Å². The first kappa shape index (κ1) is 12.4. The Morgan fingerprint density at radius 3 is 2.78 bits per heavy atom. The van der Waals surface area contributed by atoms with Crippen molar-refractivity contribution in [2.75, 3.05) is 20.5 Å². The Bertz CT molecular complexity index is 593. The van der Waals surface area contributed by atoms with E-state index in [4.69, 9.17) is 14.6 Å². The quantitative estimate of drug-likeness (QED) is 0.662. The van der Waals surface area contributed by atoms with Crippen LogP contribution in [0.3, 0.4) is 0 Å². The molecule has 0 aromatic heterocycles.